The molecular weight excluding hydrogens is 228 g/mol. The van der Waals surface area contributed by atoms with E-state index in [4.69, 9.17) is 0 Å². The fourth-order valence-electron chi connectivity index (χ4n) is 2.77. The molecule has 0 radical (unpaired) electrons. The molecular formula is C13H26N4O. The van der Waals surface area contributed by atoms with Crippen molar-refractivity contribution < 1.29 is 4.79 Å². The SMILES string of the molecule is CC1CN(C(=O)CN2CCNCC2)CC(C)N1C. The molecule has 0 saturated carbocycles. The molecule has 0 aliphatic carbocycles. The predicted octanol–water partition coefficient (Wildman–Crippen LogP) is -0.557. The van der Waals surface area contributed by atoms with E-state index in [1.54, 1.807) is 0 Å². The first-order valence-electron chi connectivity index (χ1n) is 7.00. The molecule has 0 aromatic carbocycles. The molecule has 2 aliphatic heterocycles. The van der Waals surface area contributed by atoms with Crippen LogP contribution < -0.4 is 5.32 Å². The third-order valence-corrected chi connectivity index (χ3v) is 4.28. The Hall–Kier alpha value is -0.650. The van der Waals surface area contributed by atoms with Crippen molar-refractivity contribution in [1.29, 1.82) is 0 Å². The van der Waals surface area contributed by atoms with Crippen molar-refractivity contribution in [2.45, 2.75) is 25.9 Å². The lowest BCUT2D eigenvalue weighted by Gasteiger charge is -2.43. The first-order chi connectivity index (χ1) is 8.58. The Kier molecular flexibility index (Phi) is 4.59. The molecule has 2 saturated heterocycles. The smallest absolute Gasteiger partial charge is 0.236 e. The maximum atomic E-state index is 12.3. The Morgan fingerprint density at radius 1 is 1.17 bits per heavy atom. The highest BCUT2D eigenvalue weighted by Crippen LogP contribution is 2.13. The summed E-state index contributed by atoms with van der Waals surface area (Å²) in [6.07, 6.45) is 0. The topological polar surface area (TPSA) is 38.8 Å². The number of nitrogens with zero attached hydrogens (tertiary/aromatic N) is 3. The van der Waals surface area contributed by atoms with Gasteiger partial charge in [0.15, 0.2) is 0 Å². The third kappa shape index (κ3) is 3.22. The van der Waals surface area contributed by atoms with Crippen LogP contribution in [0.4, 0.5) is 0 Å². The fourth-order valence-corrected chi connectivity index (χ4v) is 2.77. The van der Waals surface area contributed by atoms with Crippen LogP contribution in [0.25, 0.3) is 0 Å². The van der Waals surface area contributed by atoms with Crippen molar-refractivity contribution in [3.63, 3.8) is 0 Å². The van der Waals surface area contributed by atoms with Crippen molar-refractivity contribution in [1.82, 2.24) is 20.0 Å². The van der Waals surface area contributed by atoms with Crippen LogP contribution in [0.5, 0.6) is 0 Å². The molecule has 2 rings (SSSR count). The molecule has 0 bridgehead atoms. The van der Waals surface area contributed by atoms with Crippen LogP contribution in [-0.2, 0) is 4.79 Å². The van der Waals surface area contributed by atoms with Crippen LogP contribution in [-0.4, -0.2) is 85.6 Å². The Bertz CT molecular complexity index is 279. The van der Waals surface area contributed by atoms with Crippen molar-refractivity contribution >= 4 is 5.91 Å². The summed E-state index contributed by atoms with van der Waals surface area (Å²) in [7, 11) is 2.15. The van der Waals surface area contributed by atoms with Gasteiger partial charge in [-0.15, -0.1) is 0 Å². The van der Waals surface area contributed by atoms with Crippen LogP contribution in [0.1, 0.15) is 13.8 Å². The number of piperazine rings is 2. The highest BCUT2D eigenvalue weighted by atomic mass is 16.2. The summed E-state index contributed by atoms with van der Waals surface area (Å²) in [5.74, 6) is 0.295. The standard InChI is InChI=1S/C13H26N4O/c1-11-8-17(9-12(2)15(11)3)13(18)10-16-6-4-14-5-7-16/h11-12,14H,4-10H2,1-3H3. The minimum atomic E-state index is 0.295. The normalized spacial score (nSPS) is 31.6. The van der Waals surface area contributed by atoms with E-state index in [9.17, 15) is 4.79 Å². The summed E-state index contributed by atoms with van der Waals surface area (Å²) in [6.45, 7) is 10.7. The first-order valence-corrected chi connectivity index (χ1v) is 7.00. The molecule has 0 aromatic heterocycles. The van der Waals surface area contributed by atoms with E-state index in [-0.39, 0.29) is 0 Å². The molecule has 0 aromatic rings. The predicted molar refractivity (Wildman–Crippen MR) is 72.6 cm³/mol. The molecule has 2 unspecified atom stereocenters. The van der Waals surface area contributed by atoms with Gasteiger partial charge in [0.1, 0.15) is 0 Å². The number of likely N-dealkylation sites (N-methyl/N-ethyl adjacent to an activating group) is 1. The lowest BCUT2D eigenvalue weighted by atomic mass is 10.1. The van der Waals surface area contributed by atoms with Gasteiger partial charge in [0.2, 0.25) is 5.91 Å². The molecule has 18 heavy (non-hydrogen) atoms. The minimum Gasteiger partial charge on any atom is -0.338 e. The van der Waals surface area contributed by atoms with Crippen LogP contribution in [0.15, 0.2) is 0 Å². The Morgan fingerprint density at radius 2 is 1.72 bits per heavy atom. The Balaban J connectivity index is 1.85. The second kappa shape index (κ2) is 5.99. The van der Waals surface area contributed by atoms with Gasteiger partial charge in [-0.25, -0.2) is 0 Å². The molecule has 2 heterocycles. The van der Waals surface area contributed by atoms with Gasteiger partial charge >= 0.3 is 0 Å². The zero-order chi connectivity index (χ0) is 13.1. The van der Waals surface area contributed by atoms with Gasteiger partial charge in [-0.3, -0.25) is 14.6 Å². The Morgan fingerprint density at radius 3 is 2.28 bits per heavy atom. The molecule has 2 aliphatic rings. The van der Waals surface area contributed by atoms with Gasteiger partial charge in [0.05, 0.1) is 6.54 Å². The van der Waals surface area contributed by atoms with E-state index in [2.05, 4.69) is 36.0 Å². The van der Waals surface area contributed by atoms with Crippen molar-refractivity contribution in [2.24, 2.45) is 0 Å². The number of rotatable bonds is 2. The summed E-state index contributed by atoms with van der Waals surface area (Å²) in [5, 5.41) is 3.31. The number of hydrogen-bond donors (Lipinski definition) is 1. The van der Waals surface area contributed by atoms with E-state index in [0.717, 1.165) is 39.3 Å². The molecule has 1 N–H and O–H groups in total. The van der Waals surface area contributed by atoms with Crippen LogP contribution >= 0.6 is 0 Å². The molecule has 104 valence electrons. The van der Waals surface area contributed by atoms with E-state index in [0.29, 0.717) is 24.5 Å². The lowest BCUT2D eigenvalue weighted by Crippen LogP contribution is -2.58. The summed E-state index contributed by atoms with van der Waals surface area (Å²) < 4.78 is 0. The van der Waals surface area contributed by atoms with E-state index in [1.807, 2.05) is 4.90 Å². The molecule has 2 atom stereocenters. The van der Waals surface area contributed by atoms with Crippen LogP contribution in [0, 0.1) is 0 Å². The molecule has 5 heteroatoms. The van der Waals surface area contributed by atoms with Gasteiger partial charge in [0, 0.05) is 51.4 Å². The zero-order valence-corrected chi connectivity index (χ0v) is 11.9. The Labute approximate surface area is 110 Å². The van der Waals surface area contributed by atoms with Crippen LogP contribution in [0.2, 0.25) is 0 Å². The fraction of sp³-hybridized carbons (Fsp3) is 0.923. The van der Waals surface area contributed by atoms with Gasteiger partial charge in [-0.05, 0) is 20.9 Å². The van der Waals surface area contributed by atoms with Gasteiger partial charge < -0.3 is 10.2 Å². The second-order valence-electron chi connectivity index (χ2n) is 5.69. The molecule has 0 spiro atoms. The number of amides is 1. The van der Waals surface area contributed by atoms with Gasteiger partial charge in [-0.2, -0.15) is 0 Å². The van der Waals surface area contributed by atoms with E-state index < -0.39 is 0 Å². The highest BCUT2D eigenvalue weighted by Gasteiger charge is 2.29. The van der Waals surface area contributed by atoms with E-state index in [1.165, 1.54) is 0 Å². The summed E-state index contributed by atoms with van der Waals surface area (Å²) in [4.78, 5) is 19.0. The number of nitrogens with one attached hydrogen (secondary N) is 1. The maximum absolute atomic E-state index is 12.3. The number of hydrogen-bond acceptors (Lipinski definition) is 4. The summed E-state index contributed by atoms with van der Waals surface area (Å²) >= 11 is 0. The van der Waals surface area contributed by atoms with Crippen molar-refractivity contribution in [3.05, 3.63) is 0 Å². The number of carbonyl (C=O) groups is 1. The average Bonchev–Trinajstić information content (AvgIpc) is 2.36. The second-order valence-corrected chi connectivity index (χ2v) is 5.69. The van der Waals surface area contributed by atoms with Crippen molar-refractivity contribution in [3.8, 4) is 0 Å². The number of carbonyl (C=O) groups excluding carboxylic acids is 1. The molecule has 5 nitrogen and oxygen atoms in total. The third-order valence-electron chi connectivity index (χ3n) is 4.28. The summed E-state index contributed by atoms with van der Waals surface area (Å²) in [6, 6.07) is 0.918. The van der Waals surface area contributed by atoms with Gasteiger partial charge in [0.25, 0.3) is 0 Å². The quantitative estimate of drug-likeness (QED) is 0.717. The minimum absolute atomic E-state index is 0.295. The molecule has 1 amide bonds. The highest BCUT2D eigenvalue weighted by molar-refractivity contribution is 5.78. The average molecular weight is 254 g/mol. The maximum Gasteiger partial charge on any atom is 0.236 e. The van der Waals surface area contributed by atoms with Crippen LogP contribution in [0.3, 0.4) is 0 Å². The molecule has 2 fully saturated rings. The summed E-state index contributed by atoms with van der Waals surface area (Å²) in [5.41, 5.74) is 0. The zero-order valence-electron chi connectivity index (χ0n) is 11.9. The van der Waals surface area contributed by atoms with Crippen molar-refractivity contribution in [2.75, 3.05) is 52.9 Å². The van der Waals surface area contributed by atoms with E-state index >= 15 is 0 Å². The van der Waals surface area contributed by atoms with Gasteiger partial charge in [-0.1, -0.05) is 0 Å². The largest absolute Gasteiger partial charge is 0.338 e. The monoisotopic (exact) mass is 254 g/mol. The first kappa shape index (κ1) is 13.8. The lowest BCUT2D eigenvalue weighted by molar-refractivity contribution is -0.136.